The minimum absolute atomic E-state index is 0.0530. The molecule has 0 bridgehead atoms. The van der Waals surface area contributed by atoms with Gasteiger partial charge in [0.2, 0.25) is 11.5 Å². The fraction of sp³-hybridized carbons (Fsp3) is 0.500. The maximum atomic E-state index is 11.9. The molecule has 0 aliphatic carbocycles. The van der Waals surface area contributed by atoms with Gasteiger partial charge in [-0.25, -0.2) is 4.79 Å². The van der Waals surface area contributed by atoms with Gasteiger partial charge < -0.3 is 19.7 Å². The van der Waals surface area contributed by atoms with Crippen molar-refractivity contribution in [3.63, 3.8) is 0 Å². The lowest BCUT2D eigenvalue weighted by atomic mass is 10.0. The highest BCUT2D eigenvalue weighted by atomic mass is 16.6. The van der Waals surface area contributed by atoms with Crippen molar-refractivity contribution in [3.8, 4) is 5.75 Å². The van der Waals surface area contributed by atoms with E-state index >= 15 is 0 Å². The molecule has 0 amide bonds. The molecule has 1 aliphatic rings. The summed E-state index contributed by atoms with van der Waals surface area (Å²) < 4.78 is 10.8. The Kier molecular flexibility index (Phi) is 4.00. The summed E-state index contributed by atoms with van der Waals surface area (Å²) in [6, 6.07) is 0. The first-order chi connectivity index (χ1) is 10.3. The minimum Gasteiger partial charge on any atom is -0.490 e. The fourth-order valence-corrected chi connectivity index (χ4v) is 2.30. The summed E-state index contributed by atoms with van der Waals surface area (Å²) in [6.45, 7) is 1.22. The van der Waals surface area contributed by atoms with Crippen LogP contribution in [0.1, 0.15) is 6.92 Å². The Morgan fingerprint density at radius 3 is 2.68 bits per heavy atom. The average molecular weight is 314 g/mol. The summed E-state index contributed by atoms with van der Waals surface area (Å²) in [5, 5.41) is 20.0. The van der Waals surface area contributed by atoms with Gasteiger partial charge in [-0.2, -0.15) is 0 Å². The zero-order chi connectivity index (χ0) is 16.7. The number of aromatic amines is 1. The van der Waals surface area contributed by atoms with Gasteiger partial charge in [-0.05, 0) is 6.92 Å². The molecule has 1 fully saturated rings. The zero-order valence-electron chi connectivity index (χ0n) is 11.7. The number of H-pyrrole nitrogens is 1. The van der Waals surface area contributed by atoms with Crippen LogP contribution in [0.3, 0.4) is 0 Å². The first-order valence-electron chi connectivity index (χ1n) is 6.19. The Balaban J connectivity index is 2.56. The van der Waals surface area contributed by atoms with Crippen LogP contribution >= 0.6 is 0 Å². The number of aromatic nitrogens is 2. The van der Waals surface area contributed by atoms with Crippen LogP contribution in [0.25, 0.3) is 0 Å². The number of rotatable bonds is 4. The molecule has 0 saturated carbocycles. The monoisotopic (exact) mass is 314 g/mol. The van der Waals surface area contributed by atoms with Gasteiger partial charge in [-0.3, -0.25) is 23.9 Å². The minimum atomic E-state index is -1.88. The highest BCUT2D eigenvalue weighted by molar-refractivity contribution is 6.27. The first kappa shape index (κ1) is 16.1. The van der Waals surface area contributed by atoms with Crippen LogP contribution in [0, 0.1) is 0 Å². The van der Waals surface area contributed by atoms with E-state index in [2.05, 4.69) is 0 Å². The standard InChI is InChI=1S/C12H14N2O8/c1-12(9(18)7(17)8(22-12)5(16)4-15)14-3-6(21-2)10(19)13-11(14)20/h3-4,7-9,17-18H,1-2H3,(H,13,19,20)/t7-,8-,9-,12-/m1/s1. The third-order valence-electron chi connectivity index (χ3n) is 3.55. The number of aliphatic hydroxyl groups is 2. The van der Waals surface area contributed by atoms with Crippen molar-refractivity contribution in [3.05, 3.63) is 27.0 Å². The van der Waals surface area contributed by atoms with Gasteiger partial charge in [0.25, 0.3) is 5.56 Å². The average Bonchev–Trinajstić information content (AvgIpc) is 2.72. The Bertz CT molecular complexity index is 723. The Labute approximate surface area is 122 Å². The zero-order valence-corrected chi connectivity index (χ0v) is 11.7. The molecule has 1 aliphatic heterocycles. The van der Waals surface area contributed by atoms with Gasteiger partial charge in [0.15, 0.2) is 18.1 Å². The molecule has 4 atom stereocenters. The number of Topliss-reactive ketones (excluding diaryl/α,β-unsaturated/α-hetero) is 1. The number of methoxy groups -OCH3 is 1. The Morgan fingerprint density at radius 1 is 1.50 bits per heavy atom. The topological polar surface area (TPSA) is 148 Å². The second kappa shape index (κ2) is 5.48. The highest BCUT2D eigenvalue weighted by Crippen LogP contribution is 2.34. The summed E-state index contributed by atoms with van der Waals surface area (Å²) in [5.74, 6) is -1.32. The van der Waals surface area contributed by atoms with Crippen LogP contribution in [0.15, 0.2) is 15.8 Å². The van der Waals surface area contributed by atoms with Crippen molar-refractivity contribution < 1.29 is 29.3 Å². The number of ketones is 1. The second-order valence-corrected chi connectivity index (χ2v) is 4.88. The molecule has 2 heterocycles. The Morgan fingerprint density at radius 2 is 2.14 bits per heavy atom. The van der Waals surface area contributed by atoms with Gasteiger partial charge in [-0.15, -0.1) is 0 Å². The maximum absolute atomic E-state index is 11.9. The molecule has 0 aromatic carbocycles. The summed E-state index contributed by atoms with van der Waals surface area (Å²) in [6.07, 6.45) is -4.11. The third-order valence-corrected chi connectivity index (χ3v) is 3.55. The number of nitrogens with zero attached hydrogens (tertiary/aromatic N) is 1. The molecule has 1 aromatic rings. The van der Waals surface area contributed by atoms with Crippen molar-refractivity contribution in [2.24, 2.45) is 0 Å². The van der Waals surface area contributed by atoms with E-state index in [1.807, 2.05) is 4.98 Å². The lowest BCUT2D eigenvalue weighted by Crippen LogP contribution is -2.49. The van der Waals surface area contributed by atoms with E-state index in [4.69, 9.17) is 9.47 Å². The van der Waals surface area contributed by atoms with Crippen molar-refractivity contribution in [1.82, 2.24) is 9.55 Å². The summed E-state index contributed by atoms with van der Waals surface area (Å²) >= 11 is 0. The molecular formula is C12H14N2O8. The fourth-order valence-electron chi connectivity index (χ4n) is 2.30. The maximum Gasteiger partial charge on any atom is 0.330 e. The van der Waals surface area contributed by atoms with E-state index in [1.54, 1.807) is 0 Å². The van der Waals surface area contributed by atoms with Gasteiger partial charge in [0.1, 0.15) is 12.2 Å². The number of nitrogens with one attached hydrogen (secondary N) is 1. The first-order valence-corrected chi connectivity index (χ1v) is 6.19. The van der Waals surface area contributed by atoms with Gasteiger partial charge in [0.05, 0.1) is 13.3 Å². The molecule has 120 valence electrons. The van der Waals surface area contributed by atoms with Crippen molar-refractivity contribution >= 4 is 12.1 Å². The predicted molar refractivity (Wildman–Crippen MR) is 69.5 cm³/mol. The van der Waals surface area contributed by atoms with Gasteiger partial charge >= 0.3 is 5.69 Å². The van der Waals surface area contributed by atoms with Crippen LogP contribution in [0.4, 0.5) is 0 Å². The van der Waals surface area contributed by atoms with E-state index in [1.165, 1.54) is 14.0 Å². The molecule has 0 radical (unpaired) electrons. The summed E-state index contributed by atoms with van der Waals surface area (Å²) in [7, 11) is 1.20. The van der Waals surface area contributed by atoms with Crippen LogP contribution in [-0.2, 0) is 20.1 Å². The molecule has 22 heavy (non-hydrogen) atoms. The van der Waals surface area contributed by atoms with E-state index in [9.17, 15) is 29.4 Å². The summed E-state index contributed by atoms with van der Waals surface area (Å²) in [5.41, 5.74) is -3.61. The van der Waals surface area contributed by atoms with Gasteiger partial charge in [0, 0.05) is 0 Å². The molecular weight excluding hydrogens is 300 g/mol. The van der Waals surface area contributed by atoms with Crippen molar-refractivity contribution in [2.45, 2.75) is 31.0 Å². The van der Waals surface area contributed by atoms with E-state index in [-0.39, 0.29) is 12.0 Å². The van der Waals surface area contributed by atoms with Crippen LogP contribution in [-0.4, -0.2) is 57.3 Å². The van der Waals surface area contributed by atoms with E-state index in [0.717, 1.165) is 10.8 Å². The van der Waals surface area contributed by atoms with E-state index < -0.39 is 41.1 Å². The lowest BCUT2D eigenvalue weighted by molar-refractivity contribution is -0.154. The number of carbonyl (C=O) groups excluding carboxylic acids is 2. The molecule has 3 N–H and O–H groups in total. The molecule has 0 spiro atoms. The number of aldehydes is 1. The van der Waals surface area contributed by atoms with Crippen LogP contribution in [0.5, 0.6) is 5.75 Å². The molecule has 2 rings (SSSR count). The second-order valence-electron chi connectivity index (χ2n) is 4.88. The lowest BCUT2D eigenvalue weighted by Gasteiger charge is -2.29. The molecule has 0 unspecified atom stereocenters. The Hall–Kier alpha value is -2.30. The largest absolute Gasteiger partial charge is 0.490 e. The number of aliphatic hydroxyl groups excluding tert-OH is 2. The third kappa shape index (κ3) is 2.26. The van der Waals surface area contributed by atoms with Crippen LogP contribution in [0.2, 0.25) is 0 Å². The number of hydrogen-bond donors (Lipinski definition) is 3. The van der Waals surface area contributed by atoms with E-state index in [0.29, 0.717) is 0 Å². The molecule has 10 heteroatoms. The van der Waals surface area contributed by atoms with Crippen LogP contribution < -0.4 is 16.0 Å². The molecule has 1 saturated heterocycles. The SMILES string of the molecule is COc1cn([C@]2(C)O[C@H](C(=O)C=O)[C@@H](O)[C@H]2O)c(=O)[nH]c1=O. The normalized spacial score (nSPS) is 31.0. The van der Waals surface area contributed by atoms with Crippen molar-refractivity contribution in [2.75, 3.05) is 7.11 Å². The number of carbonyl (C=O) groups is 2. The smallest absolute Gasteiger partial charge is 0.330 e. The summed E-state index contributed by atoms with van der Waals surface area (Å²) in [4.78, 5) is 47.3. The number of ether oxygens (including phenoxy) is 2. The van der Waals surface area contributed by atoms with Crippen molar-refractivity contribution in [1.29, 1.82) is 0 Å². The number of hydrogen-bond acceptors (Lipinski definition) is 8. The van der Waals surface area contributed by atoms with Gasteiger partial charge in [-0.1, -0.05) is 0 Å². The predicted octanol–water partition coefficient (Wildman–Crippen LogP) is -2.89. The highest BCUT2D eigenvalue weighted by Gasteiger charge is 2.55. The quantitative estimate of drug-likeness (QED) is 0.396. The molecule has 10 nitrogen and oxygen atoms in total. The molecule has 1 aromatic heterocycles.